The van der Waals surface area contributed by atoms with Gasteiger partial charge >= 0.3 is 5.97 Å². The van der Waals surface area contributed by atoms with Crippen LogP contribution in [0.3, 0.4) is 0 Å². The molecule has 52 valence electrons. The molecule has 0 saturated carbocycles. The van der Waals surface area contributed by atoms with E-state index in [4.69, 9.17) is 5.11 Å². The van der Waals surface area contributed by atoms with Gasteiger partial charge in [0.05, 0.1) is 0 Å². The molecule has 0 spiro atoms. The van der Waals surface area contributed by atoms with Gasteiger partial charge in [-0.25, -0.2) is 4.79 Å². The molecule has 0 aliphatic carbocycles. The van der Waals surface area contributed by atoms with E-state index in [-0.39, 0.29) is 6.61 Å². The van der Waals surface area contributed by atoms with Gasteiger partial charge in [-0.15, -0.1) is 12.6 Å². The molecule has 0 aromatic carbocycles. The van der Waals surface area contributed by atoms with Gasteiger partial charge in [-0.3, -0.25) is 0 Å². The topological polar surface area (TPSA) is 46.5 Å². The zero-order chi connectivity index (χ0) is 7.28. The molecule has 1 atom stereocenters. The first-order valence-electron chi connectivity index (χ1n) is 2.32. The predicted octanol–water partition coefficient (Wildman–Crippen LogP) is -0.0362. The number of carbonyl (C=O) groups excluding carboxylic acids is 1. The van der Waals surface area contributed by atoms with Crippen molar-refractivity contribution in [1.29, 1.82) is 0 Å². The van der Waals surface area contributed by atoms with Crippen LogP contribution < -0.4 is 0 Å². The van der Waals surface area contributed by atoms with E-state index in [0.717, 1.165) is 0 Å². The number of thiol groups is 1. The van der Waals surface area contributed by atoms with E-state index >= 15 is 0 Å². The van der Waals surface area contributed by atoms with E-state index in [9.17, 15) is 4.79 Å². The predicted molar refractivity (Wildman–Crippen MR) is 36.1 cm³/mol. The Balaban J connectivity index is 3.38. The molecule has 0 bridgehead atoms. The van der Waals surface area contributed by atoms with Crippen molar-refractivity contribution < 1.29 is 14.6 Å². The molecule has 0 radical (unpaired) electrons. The van der Waals surface area contributed by atoms with Crippen molar-refractivity contribution in [3.8, 4) is 0 Å². The lowest BCUT2D eigenvalue weighted by molar-refractivity contribution is -0.147. The molecular weight excluding hydrogens is 140 g/mol. The summed E-state index contributed by atoms with van der Waals surface area (Å²) in [7, 11) is 0. The quantitative estimate of drug-likeness (QED) is 0.255. The molecule has 3 nitrogen and oxygen atoms in total. The lowest BCUT2D eigenvalue weighted by atomic mass is 10.6. The van der Waals surface area contributed by atoms with Crippen LogP contribution in [0.5, 0.6) is 0 Å². The minimum atomic E-state index is -1.34. The third-order valence-corrected chi connectivity index (χ3v) is 0.765. The maximum absolute atomic E-state index is 10.3. The van der Waals surface area contributed by atoms with E-state index in [0.29, 0.717) is 0 Å². The molecule has 0 aliphatic rings. The summed E-state index contributed by atoms with van der Waals surface area (Å²) in [6.07, 6.45) is 1.41. The van der Waals surface area contributed by atoms with E-state index in [1.165, 1.54) is 6.08 Å². The van der Waals surface area contributed by atoms with Gasteiger partial charge in [0.1, 0.15) is 6.61 Å². The van der Waals surface area contributed by atoms with Crippen LogP contribution in [-0.4, -0.2) is 23.1 Å². The summed E-state index contributed by atoms with van der Waals surface area (Å²) in [5.41, 5.74) is -1.34. The number of esters is 1. The summed E-state index contributed by atoms with van der Waals surface area (Å²) in [6, 6.07) is 0. The highest BCUT2D eigenvalue weighted by Crippen LogP contribution is 1.91. The molecule has 0 aliphatic heterocycles. The highest BCUT2D eigenvalue weighted by molar-refractivity contribution is 7.81. The number of hydrogen-bond donors (Lipinski definition) is 2. The molecule has 0 fully saturated rings. The minimum absolute atomic E-state index is 0.108. The van der Waals surface area contributed by atoms with Crippen molar-refractivity contribution in [2.24, 2.45) is 0 Å². The zero-order valence-electron chi connectivity index (χ0n) is 4.78. The molecular formula is C5H8O3S. The Labute approximate surface area is 58.7 Å². The van der Waals surface area contributed by atoms with Crippen LogP contribution in [0.1, 0.15) is 0 Å². The number of aliphatic hydroxyl groups excluding tert-OH is 1. The molecule has 1 unspecified atom stereocenters. The van der Waals surface area contributed by atoms with E-state index < -0.39 is 11.4 Å². The number of rotatable bonds is 3. The molecule has 0 amide bonds. The molecule has 0 heterocycles. The second kappa shape index (κ2) is 4.40. The van der Waals surface area contributed by atoms with Crippen LogP contribution in [0.25, 0.3) is 0 Å². The zero-order valence-corrected chi connectivity index (χ0v) is 5.67. The monoisotopic (exact) mass is 148 g/mol. The largest absolute Gasteiger partial charge is 0.459 e. The highest BCUT2D eigenvalue weighted by atomic mass is 32.1. The third-order valence-electron chi connectivity index (χ3n) is 0.554. The van der Waals surface area contributed by atoms with Gasteiger partial charge in [-0.1, -0.05) is 12.7 Å². The van der Waals surface area contributed by atoms with Crippen LogP contribution >= 0.6 is 12.6 Å². The fourth-order valence-corrected chi connectivity index (χ4v) is 0.290. The van der Waals surface area contributed by atoms with Gasteiger partial charge in [0.25, 0.3) is 0 Å². The molecule has 0 aromatic rings. The Kier molecular flexibility index (Phi) is 4.17. The average Bonchev–Trinajstić information content (AvgIpc) is 1.82. The summed E-state index contributed by atoms with van der Waals surface area (Å²) in [6.45, 7) is 3.42. The van der Waals surface area contributed by atoms with Gasteiger partial charge < -0.3 is 9.84 Å². The molecule has 0 aromatic heterocycles. The van der Waals surface area contributed by atoms with Gasteiger partial charge in [-0.05, 0) is 0 Å². The van der Waals surface area contributed by atoms with Crippen LogP contribution in [0.4, 0.5) is 0 Å². The lowest BCUT2D eigenvalue weighted by Gasteiger charge is -2.01. The normalized spacial score (nSPS) is 12.2. The second-order valence-electron chi connectivity index (χ2n) is 1.29. The minimum Gasteiger partial charge on any atom is -0.459 e. The Morgan fingerprint density at radius 1 is 2.00 bits per heavy atom. The number of aliphatic hydroxyl groups is 1. The maximum Gasteiger partial charge on any atom is 0.345 e. The van der Waals surface area contributed by atoms with E-state index in [1.807, 2.05) is 0 Å². The standard InChI is InChI=1S/C5H8O3S/c1-2-3-8-4(6)5(7)9/h2,5,7,9H,1,3H2. The molecule has 0 saturated heterocycles. The van der Waals surface area contributed by atoms with Crippen molar-refractivity contribution in [1.82, 2.24) is 0 Å². The average molecular weight is 148 g/mol. The SMILES string of the molecule is C=CCOC(=O)C(O)S. The Morgan fingerprint density at radius 3 is 2.89 bits per heavy atom. The summed E-state index contributed by atoms with van der Waals surface area (Å²) in [5, 5.41) is 8.40. The van der Waals surface area contributed by atoms with Crippen LogP contribution in [0.2, 0.25) is 0 Å². The fraction of sp³-hybridized carbons (Fsp3) is 0.400. The van der Waals surface area contributed by atoms with Crippen molar-refractivity contribution in [3.05, 3.63) is 12.7 Å². The van der Waals surface area contributed by atoms with Crippen LogP contribution in [0, 0.1) is 0 Å². The summed E-state index contributed by atoms with van der Waals surface area (Å²) >= 11 is 3.41. The molecule has 9 heavy (non-hydrogen) atoms. The number of ether oxygens (including phenoxy) is 1. The van der Waals surface area contributed by atoms with Gasteiger partial charge in [0.2, 0.25) is 0 Å². The molecule has 4 heteroatoms. The Bertz CT molecular complexity index is 111. The van der Waals surface area contributed by atoms with Crippen molar-refractivity contribution in [3.63, 3.8) is 0 Å². The van der Waals surface area contributed by atoms with Crippen LogP contribution in [-0.2, 0) is 9.53 Å². The van der Waals surface area contributed by atoms with Crippen molar-refractivity contribution in [2.45, 2.75) is 5.44 Å². The summed E-state index contributed by atoms with van der Waals surface area (Å²) in [4.78, 5) is 10.3. The number of hydrogen-bond acceptors (Lipinski definition) is 4. The van der Waals surface area contributed by atoms with E-state index in [2.05, 4.69) is 23.9 Å². The molecule has 0 rings (SSSR count). The third kappa shape index (κ3) is 4.05. The Morgan fingerprint density at radius 2 is 2.56 bits per heavy atom. The van der Waals surface area contributed by atoms with Gasteiger partial charge in [0.15, 0.2) is 5.44 Å². The summed E-state index contributed by atoms with van der Waals surface area (Å²) < 4.78 is 4.37. The van der Waals surface area contributed by atoms with E-state index in [1.54, 1.807) is 0 Å². The second-order valence-corrected chi connectivity index (χ2v) is 1.78. The first-order valence-corrected chi connectivity index (χ1v) is 2.83. The lowest BCUT2D eigenvalue weighted by Crippen LogP contribution is -2.16. The first-order chi connectivity index (χ1) is 4.18. The first kappa shape index (κ1) is 8.52. The van der Waals surface area contributed by atoms with Gasteiger partial charge in [-0.2, -0.15) is 0 Å². The number of carbonyl (C=O) groups is 1. The molecule has 1 N–H and O–H groups in total. The highest BCUT2D eigenvalue weighted by Gasteiger charge is 2.08. The fourth-order valence-electron chi connectivity index (χ4n) is 0.216. The van der Waals surface area contributed by atoms with Gasteiger partial charge in [0, 0.05) is 0 Å². The Hall–Kier alpha value is -0.480. The maximum atomic E-state index is 10.3. The smallest absolute Gasteiger partial charge is 0.345 e. The van der Waals surface area contributed by atoms with Crippen LogP contribution in [0.15, 0.2) is 12.7 Å². The van der Waals surface area contributed by atoms with Crippen molar-refractivity contribution >= 4 is 18.6 Å². The van der Waals surface area contributed by atoms with Crippen molar-refractivity contribution in [2.75, 3.05) is 6.61 Å². The summed E-state index contributed by atoms with van der Waals surface area (Å²) in [5.74, 6) is -0.752.